The number of alkyl halides is 1. The van der Waals surface area contributed by atoms with Crippen molar-refractivity contribution in [3.05, 3.63) is 52.0 Å². The average molecular weight is 662 g/mol. The molecule has 1 aromatic heterocycles. The van der Waals surface area contributed by atoms with E-state index in [1.807, 2.05) is 45.9 Å². The van der Waals surface area contributed by atoms with Gasteiger partial charge in [-0.3, -0.25) is 9.59 Å². The summed E-state index contributed by atoms with van der Waals surface area (Å²) in [7, 11) is -2.22. The van der Waals surface area contributed by atoms with Crippen molar-refractivity contribution in [3.63, 3.8) is 0 Å². The van der Waals surface area contributed by atoms with Gasteiger partial charge in [-0.2, -0.15) is 0 Å². The van der Waals surface area contributed by atoms with Crippen molar-refractivity contribution in [3.8, 4) is 0 Å². The minimum atomic E-state index is -2.22. The molecule has 11 heteroatoms. The van der Waals surface area contributed by atoms with Crippen molar-refractivity contribution >= 4 is 37.4 Å². The van der Waals surface area contributed by atoms with Crippen LogP contribution < -0.4 is 5.32 Å². The third kappa shape index (κ3) is 10.4. The van der Waals surface area contributed by atoms with Crippen molar-refractivity contribution in [1.82, 2.24) is 15.2 Å². The molecule has 2 amide bonds. The first-order valence-corrected chi connectivity index (χ1v) is 19.9. The van der Waals surface area contributed by atoms with Gasteiger partial charge in [0.25, 0.3) is 5.91 Å². The first kappa shape index (κ1) is 36.8. The molecule has 1 saturated heterocycles. The van der Waals surface area contributed by atoms with E-state index in [1.54, 1.807) is 11.5 Å². The monoisotopic (exact) mass is 661 g/mol. The van der Waals surface area contributed by atoms with Gasteiger partial charge in [0.05, 0.1) is 11.1 Å². The lowest BCUT2D eigenvalue weighted by Crippen LogP contribution is -2.44. The van der Waals surface area contributed by atoms with Crippen LogP contribution in [0.2, 0.25) is 18.1 Å². The molecule has 2 bridgehead atoms. The van der Waals surface area contributed by atoms with Crippen LogP contribution in [0.1, 0.15) is 83.2 Å². The molecule has 0 aromatic carbocycles. The molecule has 0 aliphatic carbocycles. The predicted molar refractivity (Wildman–Crippen MR) is 180 cm³/mol. The van der Waals surface area contributed by atoms with E-state index in [4.69, 9.17) is 9.16 Å². The van der Waals surface area contributed by atoms with Crippen LogP contribution >= 0.6 is 11.3 Å². The Labute approximate surface area is 273 Å². The third-order valence-electron chi connectivity index (χ3n) is 8.90. The quantitative estimate of drug-likeness (QED) is 0.283. The van der Waals surface area contributed by atoms with Crippen molar-refractivity contribution in [2.75, 3.05) is 13.1 Å². The Balaban J connectivity index is 1.92. The van der Waals surface area contributed by atoms with E-state index < -0.39 is 38.7 Å². The summed E-state index contributed by atoms with van der Waals surface area (Å²) in [6, 6.07) is -0.714. The maximum atomic E-state index is 15.6. The number of hydrogen-bond donors (Lipinski definition) is 1. The zero-order valence-electron chi connectivity index (χ0n) is 28.4. The molecule has 8 nitrogen and oxygen atoms in total. The molecule has 1 N–H and O–H groups in total. The van der Waals surface area contributed by atoms with Crippen molar-refractivity contribution in [1.29, 1.82) is 0 Å². The first-order chi connectivity index (χ1) is 21.0. The Morgan fingerprint density at radius 2 is 1.91 bits per heavy atom. The summed E-state index contributed by atoms with van der Waals surface area (Å²) >= 11 is 1.26. The summed E-state index contributed by atoms with van der Waals surface area (Å²) in [5.74, 6) is -1.29. The number of ether oxygens (including phenoxy) is 1. The molecule has 3 rings (SSSR count). The van der Waals surface area contributed by atoms with Crippen LogP contribution in [0.4, 0.5) is 4.39 Å². The topological polar surface area (TPSA) is 97.8 Å². The minimum absolute atomic E-state index is 0.00594. The average Bonchev–Trinajstić information content (AvgIpc) is 3.61. The van der Waals surface area contributed by atoms with E-state index in [9.17, 15) is 14.4 Å². The number of fused-ring (bicyclic) bond motifs is 3. The molecule has 2 aliphatic heterocycles. The van der Waals surface area contributed by atoms with Crippen molar-refractivity contribution in [2.24, 2.45) is 11.8 Å². The number of carbonyl (C=O) groups excluding carboxylic acids is 3. The summed E-state index contributed by atoms with van der Waals surface area (Å²) in [5, 5.41) is 4.98. The van der Waals surface area contributed by atoms with E-state index in [2.05, 4.69) is 44.2 Å². The molecular weight excluding hydrogens is 610 g/mol. The highest BCUT2D eigenvalue weighted by atomic mass is 32.1. The summed E-state index contributed by atoms with van der Waals surface area (Å²) < 4.78 is 28.3. The van der Waals surface area contributed by atoms with Crippen LogP contribution in [-0.2, 0) is 25.2 Å². The summed E-state index contributed by atoms with van der Waals surface area (Å²) in [6.45, 7) is 19.3. The number of hydrogen-bond acceptors (Lipinski definition) is 7. The number of cyclic esters (lactones) is 1. The number of aromatic nitrogens is 1. The van der Waals surface area contributed by atoms with Gasteiger partial charge in [0.15, 0.2) is 8.32 Å². The highest BCUT2D eigenvalue weighted by Crippen LogP contribution is 2.38. The van der Waals surface area contributed by atoms with Gasteiger partial charge in [0.1, 0.15) is 24.0 Å². The van der Waals surface area contributed by atoms with Gasteiger partial charge in [-0.25, -0.2) is 14.2 Å². The van der Waals surface area contributed by atoms with E-state index in [1.165, 1.54) is 22.3 Å². The first-order valence-electron chi connectivity index (χ1n) is 16.1. The van der Waals surface area contributed by atoms with E-state index >= 15 is 4.39 Å². The van der Waals surface area contributed by atoms with Crippen LogP contribution in [-0.4, -0.2) is 73.5 Å². The largest absolute Gasteiger partial charge is 0.460 e. The number of esters is 1. The minimum Gasteiger partial charge on any atom is -0.460 e. The molecule has 250 valence electrons. The normalized spacial score (nSPS) is 29.4. The molecule has 1 fully saturated rings. The van der Waals surface area contributed by atoms with E-state index in [-0.39, 0.29) is 47.2 Å². The Hall–Kier alpha value is -2.63. The van der Waals surface area contributed by atoms with Gasteiger partial charge >= 0.3 is 5.97 Å². The number of rotatable bonds is 3. The Kier molecular flexibility index (Phi) is 12.9. The van der Waals surface area contributed by atoms with E-state index in [0.717, 1.165) is 5.57 Å². The molecule has 0 spiro atoms. The number of halogens is 1. The van der Waals surface area contributed by atoms with Gasteiger partial charge in [-0.15, -0.1) is 11.3 Å². The summed E-state index contributed by atoms with van der Waals surface area (Å²) in [4.78, 5) is 45.4. The Morgan fingerprint density at radius 3 is 2.58 bits per heavy atom. The fourth-order valence-corrected chi connectivity index (χ4v) is 7.46. The van der Waals surface area contributed by atoms with Crippen LogP contribution in [0.5, 0.6) is 0 Å². The standard InChI is InChI=1S/C34H52FN3O5SSi/c1-22(2)31-24(4)14-15-29(39)36-16-10-12-23(3)18-26(43-45(8,9)34(5,6)7)19-25(35)20-30-37-27(21-44-30)32(40)38-17-11-13-28(38)33(41)42-31/h10,12,14-15,18,21-22,24-26,28,31H,11,13,16-17,19-20H2,1-9H3,(H,36,39)/b12-10+,15-14+,23-18+/t24-,25-,26?,28-,31-/m1/s1. The van der Waals surface area contributed by atoms with Gasteiger partial charge < -0.3 is 19.4 Å². The molecule has 45 heavy (non-hydrogen) atoms. The Bertz CT molecular complexity index is 1280. The molecule has 0 radical (unpaired) electrons. The maximum absolute atomic E-state index is 15.6. The number of nitrogens with zero attached hydrogens (tertiary/aromatic N) is 2. The predicted octanol–water partition coefficient (Wildman–Crippen LogP) is 6.80. The molecule has 3 heterocycles. The lowest BCUT2D eigenvalue weighted by atomic mass is 9.94. The van der Waals surface area contributed by atoms with Gasteiger partial charge in [0, 0.05) is 37.2 Å². The number of allylic oxidation sites excluding steroid dienone is 2. The van der Waals surface area contributed by atoms with Gasteiger partial charge in [0.2, 0.25) is 5.91 Å². The second kappa shape index (κ2) is 15.8. The summed E-state index contributed by atoms with van der Waals surface area (Å²) in [5.41, 5.74) is 1.13. The second-order valence-electron chi connectivity index (χ2n) is 14.2. The van der Waals surface area contributed by atoms with Crippen LogP contribution in [0.15, 0.2) is 41.3 Å². The SMILES string of the molecule is CC1=C\C(O[Si](C)(C)C(C)(C)C)C[C@@H](F)Cc2nc(cs2)C(=O)N2CCC[C@@H]2C(=O)O[C@H](C(C)C)[C@H](C)/C=C/C(=O)NC\C=C\1. The smallest absolute Gasteiger partial charge is 0.329 e. The third-order valence-corrected chi connectivity index (χ3v) is 14.3. The molecule has 2 aliphatic rings. The fourth-order valence-electron chi connectivity index (χ4n) is 5.36. The fraction of sp³-hybridized carbons (Fsp3) is 0.647. The Morgan fingerprint density at radius 1 is 1.20 bits per heavy atom. The lowest BCUT2D eigenvalue weighted by Gasteiger charge is -2.39. The zero-order valence-corrected chi connectivity index (χ0v) is 30.2. The van der Waals surface area contributed by atoms with Crippen molar-refractivity contribution < 1.29 is 27.9 Å². The number of carbonyl (C=O) groups is 3. The zero-order chi connectivity index (χ0) is 33.5. The second-order valence-corrected chi connectivity index (χ2v) is 19.9. The summed E-state index contributed by atoms with van der Waals surface area (Å²) in [6.07, 6.45) is 8.17. The molecule has 1 aromatic rings. The molecule has 0 saturated carbocycles. The number of thiazole rings is 1. The van der Waals surface area contributed by atoms with Crippen LogP contribution in [0.3, 0.4) is 0 Å². The molecular formula is C34H52FN3O5SSi. The van der Waals surface area contributed by atoms with Gasteiger partial charge in [-0.1, -0.05) is 71.4 Å². The molecule has 5 atom stereocenters. The molecule has 1 unspecified atom stereocenters. The maximum Gasteiger partial charge on any atom is 0.329 e. The highest BCUT2D eigenvalue weighted by Gasteiger charge is 2.40. The lowest BCUT2D eigenvalue weighted by molar-refractivity contribution is -0.158. The van der Waals surface area contributed by atoms with Crippen LogP contribution in [0, 0.1) is 11.8 Å². The van der Waals surface area contributed by atoms with Crippen molar-refractivity contribution in [2.45, 2.75) is 117 Å². The highest BCUT2D eigenvalue weighted by molar-refractivity contribution is 7.09. The van der Waals surface area contributed by atoms with Gasteiger partial charge in [-0.05, 0) is 49.9 Å². The number of nitrogens with one attached hydrogen (secondary N) is 1. The van der Waals surface area contributed by atoms with Crippen LogP contribution in [0.25, 0.3) is 0 Å². The van der Waals surface area contributed by atoms with E-state index in [0.29, 0.717) is 30.9 Å². The number of amides is 2.